The van der Waals surface area contributed by atoms with E-state index in [1.807, 2.05) is 11.7 Å². The van der Waals surface area contributed by atoms with Crippen molar-refractivity contribution < 1.29 is 0 Å². The third-order valence-electron chi connectivity index (χ3n) is 4.37. The zero-order chi connectivity index (χ0) is 14.3. The highest BCUT2D eigenvalue weighted by Gasteiger charge is 2.29. The molecule has 1 saturated carbocycles. The molecule has 20 heavy (non-hydrogen) atoms. The summed E-state index contributed by atoms with van der Waals surface area (Å²) in [6, 6.07) is 0. The average molecular weight is 295 g/mol. The van der Waals surface area contributed by atoms with Crippen LogP contribution in [-0.2, 0) is 25.9 Å². The summed E-state index contributed by atoms with van der Waals surface area (Å²) in [5, 5.41) is 4.63. The van der Waals surface area contributed by atoms with Gasteiger partial charge >= 0.3 is 0 Å². The molecule has 0 spiro atoms. The maximum absolute atomic E-state index is 6.11. The minimum atomic E-state index is 0.470. The van der Waals surface area contributed by atoms with Crippen LogP contribution in [0.2, 0.25) is 0 Å². The molecule has 110 valence electrons. The Balaban J connectivity index is 2.03. The molecule has 2 aromatic heterocycles. The van der Waals surface area contributed by atoms with Crippen molar-refractivity contribution in [3.05, 3.63) is 11.5 Å². The minimum absolute atomic E-state index is 0.470. The number of alkyl halides is 1. The number of nitrogens with zero attached hydrogens (tertiary/aromatic N) is 4. The van der Waals surface area contributed by atoms with E-state index >= 15 is 0 Å². The molecule has 1 fully saturated rings. The lowest BCUT2D eigenvalue weighted by Crippen LogP contribution is -2.13. The van der Waals surface area contributed by atoms with Gasteiger partial charge in [-0.1, -0.05) is 20.3 Å². The highest BCUT2D eigenvalue weighted by atomic mass is 35.5. The van der Waals surface area contributed by atoms with Crippen LogP contribution < -0.4 is 0 Å². The van der Waals surface area contributed by atoms with Gasteiger partial charge in [0.05, 0.1) is 11.6 Å². The number of imidazole rings is 1. The first kappa shape index (κ1) is 13.9. The van der Waals surface area contributed by atoms with Crippen LogP contribution in [0.5, 0.6) is 0 Å². The van der Waals surface area contributed by atoms with Gasteiger partial charge in [0.15, 0.2) is 5.65 Å². The Hall–Kier alpha value is -1.03. The van der Waals surface area contributed by atoms with Crippen LogP contribution in [0, 0.1) is 11.8 Å². The summed E-state index contributed by atoms with van der Waals surface area (Å²) in [7, 11) is 2.01. The summed E-state index contributed by atoms with van der Waals surface area (Å²) in [6.07, 6.45) is 4.82. The molecule has 0 bridgehead atoms. The third kappa shape index (κ3) is 2.34. The monoisotopic (exact) mass is 294 g/mol. The van der Waals surface area contributed by atoms with Crippen molar-refractivity contribution in [3.8, 4) is 0 Å². The maximum Gasteiger partial charge on any atom is 0.158 e. The lowest BCUT2D eigenvalue weighted by molar-refractivity contribution is 0.426. The number of hydrogen-bond donors (Lipinski definition) is 0. The van der Waals surface area contributed by atoms with Gasteiger partial charge in [0.2, 0.25) is 0 Å². The first-order chi connectivity index (χ1) is 9.65. The van der Waals surface area contributed by atoms with Gasteiger partial charge in [0.1, 0.15) is 11.3 Å². The van der Waals surface area contributed by atoms with Gasteiger partial charge in [-0.15, -0.1) is 11.6 Å². The molecule has 1 atom stereocenters. The molecule has 2 aromatic rings. The summed E-state index contributed by atoms with van der Waals surface area (Å²) >= 11 is 6.11. The second kappa shape index (κ2) is 5.40. The summed E-state index contributed by atoms with van der Waals surface area (Å²) in [5.74, 6) is 3.04. The maximum atomic E-state index is 6.11. The quantitative estimate of drug-likeness (QED) is 0.764. The van der Waals surface area contributed by atoms with E-state index in [1.54, 1.807) is 0 Å². The summed E-state index contributed by atoms with van der Waals surface area (Å²) in [6.45, 7) is 5.52. The highest BCUT2D eigenvalue weighted by Crippen LogP contribution is 2.38. The van der Waals surface area contributed by atoms with E-state index in [-0.39, 0.29) is 0 Å². The number of rotatable bonds is 6. The van der Waals surface area contributed by atoms with Crippen LogP contribution in [0.1, 0.15) is 44.6 Å². The van der Waals surface area contributed by atoms with Crippen molar-refractivity contribution in [2.75, 3.05) is 0 Å². The van der Waals surface area contributed by atoms with Crippen molar-refractivity contribution in [1.29, 1.82) is 0 Å². The van der Waals surface area contributed by atoms with E-state index < -0.39 is 0 Å². The Morgan fingerprint density at radius 2 is 2.15 bits per heavy atom. The van der Waals surface area contributed by atoms with Crippen LogP contribution in [-0.4, -0.2) is 19.3 Å². The van der Waals surface area contributed by atoms with E-state index in [0.29, 0.717) is 11.8 Å². The highest BCUT2D eigenvalue weighted by molar-refractivity contribution is 6.16. The molecule has 0 saturated heterocycles. The molecule has 1 unspecified atom stereocenters. The van der Waals surface area contributed by atoms with Gasteiger partial charge in [-0.25, -0.2) is 4.98 Å². The molecule has 0 amide bonds. The molecule has 3 rings (SSSR count). The number of hydrogen-bond acceptors (Lipinski definition) is 2. The van der Waals surface area contributed by atoms with Gasteiger partial charge < -0.3 is 4.57 Å². The Labute approximate surface area is 125 Å². The second-order valence-corrected chi connectivity index (χ2v) is 6.35. The fourth-order valence-corrected chi connectivity index (χ4v) is 3.29. The minimum Gasteiger partial charge on any atom is -0.312 e. The average Bonchev–Trinajstić information content (AvgIpc) is 3.15. The normalized spacial score (nSPS) is 17.0. The van der Waals surface area contributed by atoms with Crippen LogP contribution in [0.15, 0.2) is 0 Å². The van der Waals surface area contributed by atoms with Crippen molar-refractivity contribution in [2.45, 2.75) is 52.0 Å². The van der Waals surface area contributed by atoms with Crippen LogP contribution in [0.25, 0.3) is 11.2 Å². The van der Waals surface area contributed by atoms with Crippen LogP contribution in [0.3, 0.4) is 0 Å². The Morgan fingerprint density at radius 3 is 2.75 bits per heavy atom. The van der Waals surface area contributed by atoms with Crippen LogP contribution >= 0.6 is 11.6 Å². The van der Waals surface area contributed by atoms with Crippen molar-refractivity contribution in [3.63, 3.8) is 0 Å². The van der Waals surface area contributed by atoms with Crippen molar-refractivity contribution in [1.82, 2.24) is 19.3 Å². The molecular formula is C15H23ClN4. The second-order valence-electron chi connectivity index (χ2n) is 6.08. The standard InChI is InChI=1S/C15H23ClN4/c1-4-5-12-14-15(19(3)18-12)20(13(8-16)17-14)9-10(2)11-6-7-11/h10-11H,4-9H2,1-3H3. The Bertz CT molecular complexity index is 609. The van der Waals surface area contributed by atoms with Crippen molar-refractivity contribution >= 4 is 22.8 Å². The van der Waals surface area contributed by atoms with Gasteiger partial charge in [-0.05, 0) is 31.1 Å². The number of fused-ring (bicyclic) bond motifs is 1. The van der Waals surface area contributed by atoms with Crippen molar-refractivity contribution in [2.24, 2.45) is 18.9 Å². The predicted molar refractivity (Wildman–Crippen MR) is 81.9 cm³/mol. The summed E-state index contributed by atoms with van der Waals surface area (Å²) in [5.41, 5.74) is 3.29. The molecule has 5 heteroatoms. The Morgan fingerprint density at radius 1 is 1.40 bits per heavy atom. The Kier molecular flexibility index (Phi) is 3.76. The smallest absolute Gasteiger partial charge is 0.158 e. The van der Waals surface area contributed by atoms with Gasteiger partial charge in [0, 0.05) is 13.6 Å². The zero-order valence-electron chi connectivity index (χ0n) is 12.6. The topological polar surface area (TPSA) is 35.6 Å². The molecule has 2 heterocycles. The lowest BCUT2D eigenvalue weighted by Gasteiger charge is -2.14. The number of aromatic nitrogens is 4. The van der Waals surface area contributed by atoms with E-state index in [1.165, 1.54) is 12.8 Å². The molecule has 0 N–H and O–H groups in total. The summed E-state index contributed by atoms with van der Waals surface area (Å²) in [4.78, 5) is 4.75. The molecule has 0 aromatic carbocycles. The lowest BCUT2D eigenvalue weighted by atomic mass is 10.1. The fourth-order valence-electron chi connectivity index (χ4n) is 3.09. The zero-order valence-corrected chi connectivity index (χ0v) is 13.3. The number of aryl methyl sites for hydroxylation is 2. The van der Waals surface area contributed by atoms with Crippen LogP contribution in [0.4, 0.5) is 0 Å². The first-order valence-electron chi connectivity index (χ1n) is 7.62. The van der Waals surface area contributed by atoms with Gasteiger partial charge in [0.25, 0.3) is 0 Å². The predicted octanol–water partition coefficient (Wildman–Crippen LogP) is 3.51. The van der Waals surface area contributed by atoms with E-state index in [0.717, 1.165) is 48.0 Å². The third-order valence-corrected chi connectivity index (χ3v) is 4.61. The van der Waals surface area contributed by atoms with Gasteiger partial charge in [-0.3, -0.25) is 4.68 Å². The first-order valence-corrected chi connectivity index (χ1v) is 8.16. The van der Waals surface area contributed by atoms with E-state index in [2.05, 4.69) is 23.5 Å². The van der Waals surface area contributed by atoms with E-state index in [9.17, 15) is 0 Å². The largest absolute Gasteiger partial charge is 0.312 e. The molecule has 1 aliphatic rings. The fraction of sp³-hybridized carbons (Fsp3) is 0.733. The molecule has 4 nitrogen and oxygen atoms in total. The SMILES string of the molecule is CCCc1nn(C)c2c1nc(CCl)n2CC(C)C1CC1. The molecule has 1 aliphatic carbocycles. The van der Waals surface area contributed by atoms with Gasteiger partial charge in [-0.2, -0.15) is 5.10 Å². The molecule has 0 aliphatic heterocycles. The van der Waals surface area contributed by atoms with E-state index in [4.69, 9.17) is 16.6 Å². The molecule has 0 radical (unpaired) electrons. The molecular weight excluding hydrogens is 272 g/mol. The summed E-state index contributed by atoms with van der Waals surface area (Å²) < 4.78 is 4.26. The number of halogens is 1.